The van der Waals surface area contributed by atoms with Crippen molar-refractivity contribution < 1.29 is 22.7 Å². The maximum Gasteiger partial charge on any atom is 0.338 e. The molecule has 6 nitrogen and oxygen atoms in total. The van der Waals surface area contributed by atoms with Crippen LogP contribution < -0.4 is 4.72 Å². The number of sulfonamides is 1. The minimum Gasteiger partial charge on any atom is -0.454 e. The summed E-state index contributed by atoms with van der Waals surface area (Å²) in [6, 6.07) is 23.3. The van der Waals surface area contributed by atoms with Crippen LogP contribution in [0, 0.1) is 0 Å². The molecule has 3 aromatic carbocycles. The molecule has 0 radical (unpaired) electrons. The van der Waals surface area contributed by atoms with Crippen LogP contribution >= 0.6 is 0 Å². The van der Waals surface area contributed by atoms with Gasteiger partial charge in [-0.15, -0.1) is 0 Å². The number of rotatable bonds is 8. The van der Waals surface area contributed by atoms with E-state index in [0.717, 1.165) is 11.0 Å². The van der Waals surface area contributed by atoms with Crippen LogP contribution in [-0.4, -0.2) is 26.8 Å². The first-order valence-corrected chi connectivity index (χ1v) is 10.6. The summed E-state index contributed by atoms with van der Waals surface area (Å²) in [4.78, 5) is 24.1. The largest absolute Gasteiger partial charge is 0.454 e. The van der Waals surface area contributed by atoms with Gasteiger partial charge < -0.3 is 4.74 Å². The van der Waals surface area contributed by atoms with E-state index in [9.17, 15) is 18.0 Å². The van der Waals surface area contributed by atoms with E-state index >= 15 is 0 Å². The second-order valence-corrected chi connectivity index (χ2v) is 7.87. The molecule has 0 saturated carbocycles. The molecule has 30 heavy (non-hydrogen) atoms. The minimum absolute atomic E-state index is 0.207. The van der Waals surface area contributed by atoms with Crippen LogP contribution in [0.5, 0.6) is 0 Å². The summed E-state index contributed by atoms with van der Waals surface area (Å²) in [5.41, 5.74) is 1.72. The molecule has 0 spiro atoms. The number of esters is 1. The summed E-state index contributed by atoms with van der Waals surface area (Å²) >= 11 is 0. The van der Waals surface area contributed by atoms with Crippen molar-refractivity contribution in [2.45, 2.75) is 0 Å². The first-order valence-electron chi connectivity index (χ1n) is 9.04. The lowest BCUT2D eigenvalue weighted by Crippen LogP contribution is -2.14. The fourth-order valence-electron chi connectivity index (χ4n) is 2.53. The van der Waals surface area contributed by atoms with Crippen molar-refractivity contribution >= 4 is 33.5 Å². The van der Waals surface area contributed by atoms with Gasteiger partial charge >= 0.3 is 5.97 Å². The zero-order chi connectivity index (χ0) is 21.4. The number of anilines is 1. The topological polar surface area (TPSA) is 89.5 Å². The smallest absolute Gasteiger partial charge is 0.338 e. The van der Waals surface area contributed by atoms with Crippen LogP contribution in [0.25, 0.3) is 6.08 Å². The Morgan fingerprint density at radius 3 is 2.03 bits per heavy atom. The number of hydrogen-bond acceptors (Lipinski definition) is 5. The summed E-state index contributed by atoms with van der Waals surface area (Å²) < 4.78 is 31.8. The van der Waals surface area contributed by atoms with Crippen molar-refractivity contribution in [3.05, 3.63) is 107 Å². The van der Waals surface area contributed by atoms with Crippen LogP contribution in [0.1, 0.15) is 26.3 Å². The first-order chi connectivity index (χ1) is 14.4. The predicted octanol–water partition coefficient (Wildman–Crippen LogP) is 4.14. The Morgan fingerprint density at radius 2 is 1.40 bits per heavy atom. The van der Waals surface area contributed by atoms with Gasteiger partial charge in [-0.3, -0.25) is 9.52 Å². The van der Waals surface area contributed by atoms with Crippen molar-refractivity contribution in [2.75, 3.05) is 11.3 Å². The maximum atomic E-state index is 12.2. The van der Waals surface area contributed by atoms with E-state index in [-0.39, 0.29) is 18.0 Å². The number of nitrogens with one attached hydrogen (secondary N) is 1. The molecule has 0 heterocycles. The number of ether oxygens (including phenoxy) is 1. The van der Waals surface area contributed by atoms with E-state index in [1.807, 2.05) is 18.2 Å². The highest BCUT2D eigenvalue weighted by Gasteiger charge is 2.12. The third-order valence-corrected chi connectivity index (χ3v) is 5.06. The molecular formula is C23H19NO5S. The molecule has 3 rings (SSSR count). The highest BCUT2D eigenvalue weighted by molar-refractivity contribution is 7.95. The molecule has 152 valence electrons. The normalized spacial score (nSPS) is 11.2. The van der Waals surface area contributed by atoms with Crippen LogP contribution in [-0.2, 0) is 14.8 Å². The summed E-state index contributed by atoms with van der Waals surface area (Å²) in [6.45, 7) is -0.374. The molecule has 7 heteroatoms. The van der Waals surface area contributed by atoms with Crippen LogP contribution in [0.15, 0.2) is 90.3 Å². The lowest BCUT2D eigenvalue weighted by atomic mass is 10.1. The SMILES string of the molecule is O=C(COC(=O)c1ccc(NS(=O)(=O)C=Cc2ccccc2)cc1)c1ccccc1. The van der Waals surface area contributed by atoms with E-state index < -0.39 is 16.0 Å². The van der Waals surface area contributed by atoms with Crippen molar-refractivity contribution in [3.63, 3.8) is 0 Å². The van der Waals surface area contributed by atoms with Gasteiger partial charge in [0.15, 0.2) is 12.4 Å². The second-order valence-electron chi connectivity index (χ2n) is 6.30. The number of hydrogen-bond donors (Lipinski definition) is 1. The number of carbonyl (C=O) groups excluding carboxylic acids is 2. The van der Waals surface area contributed by atoms with Gasteiger partial charge in [-0.05, 0) is 35.9 Å². The van der Waals surface area contributed by atoms with Gasteiger partial charge in [0.2, 0.25) is 0 Å². The predicted molar refractivity (Wildman–Crippen MR) is 116 cm³/mol. The number of Topliss-reactive ketones (excluding diaryl/α,β-unsaturated/α-hetero) is 1. The van der Waals surface area contributed by atoms with Crippen molar-refractivity contribution in [1.82, 2.24) is 0 Å². The fraction of sp³-hybridized carbons (Fsp3) is 0.0435. The summed E-state index contributed by atoms with van der Waals surface area (Å²) in [6.07, 6.45) is 1.48. The van der Waals surface area contributed by atoms with E-state index in [1.165, 1.54) is 30.3 Å². The Labute approximate surface area is 174 Å². The Kier molecular flexibility index (Phi) is 6.77. The fourth-order valence-corrected chi connectivity index (χ4v) is 3.40. The Hall–Kier alpha value is -3.71. The molecule has 0 aliphatic carbocycles. The molecule has 0 amide bonds. The number of carbonyl (C=O) groups is 2. The molecule has 0 bridgehead atoms. The van der Waals surface area contributed by atoms with Gasteiger partial charge in [0.1, 0.15) is 0 Å². The Bertz CT molecular complexity index is 1140. The zero-order valence-electron chi connectivity index (χ0n) is 15.9. The molecule has 3 aromatic rings. The van der Waals surface area contributed by atoms with Gasteiger partial charge in [0, 0.05) is 11.3 Å². The lowest BCUT2D eigenvalue weighted by molar-refractivity contribution is 0.0475. The average Bonchev–Trinajstić information content (AvgIpc) is 2.77. The number of benzene rings is 3. The molecule has 0 unspecified atom stereocenters. The zero-order valence-corrected chi connectivity index (χ0v) is 16.7. The maximum absolute atomic E-state index is 12.2. The summed E-state index contributed by atoms with van der Waals surface area (Å²) in [7, 11) is -3.71. The van der Waals surface area contributed by atoms with Gasteiger partial charge in [-0.25, -0.2) is 13.2 Å². The van der Waals surface area contributed by atoms with Crippen molar-refractivity contribution in [1.29, 1.82) is 0 Å². The van der Waals surface area contributed by atoms with Gasteiger partial charge in [0.05, 0.1) is 11.0 Å². The van der Waals surface area contributed by atoms with E-state index in [0.29, 0.717) is 11.3 Å². The Morgan fingerprint density at radius 1 is 0.800 bits per heavy atom. The molecule has 1 N–H and O–H groups in total. The van der Waals surface area contributed by atoms with Gasteiger partial charge in [-0.1, -0.05) is 60.7 Å². The van der Waals surface area contributed by atoms with Gasteiger partial charge in [-0.2, -0.15) is 0 Å². The monoisotopic (exact) mass is 421 g/mol. The standard InChI is InChI=1S/C23H19NO5S/c25-22(19-9-5-2-6-10-19)17-29-23(26)20-11-13-21(14-12-20)24-30(27,28)16-15-18-7-3-1-4-8-18/h1-16,24H,17H2. The summed E-state index contributed by atoms with van der Waals surface area (Å²) in [5, 5.41) is 1.07. The van der Waals surface area contributed by atoms with E-state index in [2.05, 4.69) is 4.72 Å². The third-order valence-electron chi connectivity index (χ3n) is 4.05. The molecule has 0 aromatic heterocycles. The molecule has 0 aliphatic heterocycles. The molecule has 0 aliphatic rings. The molecule has 0 saturated heterocycles. The minimum atomic E-state index is -3.71. The van der Waals surface area contributed by atoms with Crippen molar-refractivity contribution in [3.8, 4) is 0 Å². The van der Waals surface area contributed by atoms with Crippen molar-refractivity contribution in [2.24, 2.45) is 0 Å². The van der Waals surface area contributed by atoms with E-state index in [1.54, 1.807) is 42.5 Å². The summed E-state index contributed by atoms with van der Waals surface area (Å²) in [5.74, 6) is -0.976. The van der Waals surface area contributed by atoms with E-state index in [4.69, 9.17) is 4.74 Å². The highest BCUT2D eigenvalue weighted by atomic mass is 32.2. The molecule has 0 fully saturated rings. The number of ketones is 1. The van der Waals surface area contributed by atoms with Crippen LogP contribution in [0.2, 0.25) is 0 Å². The first kappa shape index (κ1) is 21.0. The van der Waals surface area contributed by atoms with Crippen LogP contribution in [0.3, 0.4) is 0 Å². The average molecular weight is 421 g/mol. The lowest BCUT2D eigenvalue weighted by Gasteiger charge is -2.07. The van der Waals surface area contributed by atoms with Crippen LogP contribution in [0.4, 0.5) is 5.69 Å². The molecule has 0 atom stereocenters. The third kappa shape index (κ3) is 6.15. The highest BCUT2D eigenvalue weighted by Crippen LogP contribution is 2.14. The van der Waals surface area contributed by atoms with Gasteiger partial charge in [0.25, 0.3) is 10.0 Å². The second kappa shape index (κ2) is 9.67. The quantitative estimate of drug-likeness (QED) is 0.436. The molecular weight excluding hydrogens is 402 g/mol. The Balaban J connectivity index is 1.57.